The molecular weight excluding hydrogens is 320 g/mol. The maximum absolute atomic E-state index is 5.39. The predicted octanol–water partition coefficient (Wildman–Crippen LogP) is 5.08. The molecule has 6 heteroatoms. The van der Waals surface area contributed by atoms with Gasteiger partial charge in [0.2, 0.25) is 5.95 Å². The predicted molar refractivity (Wildman–Crippen MR) is 97.6 cm³/mol. The van der Waals surface area contributed by atoms with Crippen LogP contribution in [0.25, 0.3) is 11.3 Å². The lowest BCUT2D eigenvalue weighted by atomic mass is 10.2. The molecule has 2 heterocycles. The second-order valence-electron chi connectivity index (χ2n) is 5.38. The lowest BCUT2D eigenvalue weighted by molar-refractivity contribution is 0.384. The molecule has 3 rings (SSSR count). The maximum atomic E-state index is 5.39. The maximum Gasteiger partial charge on any atom is 0.227 e. The molecule has 3 aromatic rings. The van der Waals surface area contributed by atoms with E-state index in [0.29, 0.717) is 5.95 Å². The lowest BCUT2D eigenvalue weighted by Crippen LogP contribution is -1.98. The lowest BCUT2D eigenvalue weighted by Gasteiger charge is -2.06. The van der Waals surface area contributed by atoms with Crippen LogP contribution in [0.4, 0.5) is 11.6 Å². The largest absolute Gasteiger partial charge is 0.360 e. The summed E-state index contributed by atoms with van der Waals surface area (Å²) >= 11 is 1.71. The van der Waals surface area contributed by atoms with E-state index in [-0.39, 0.29) is 0 Å². The van der Waals surface area contributed by atoms with Crippen molar-refractivity contribution in [3.05, 3.63) is 48.4 Å². The van der Waals surface area contributed by atoms with E-state index in [1.54, 1.807) is 18.0 Å². The van der Waals surface area contributed by atoms with Crippen molar-refractivity contribution in [3.8, 4) is 11.3 Å². The second-order valence-corrected chi connectivity index (χ2v) is 6.46. The molecule has 0 aliphatic rings. The minimum Gasteiger partial charge on any atom is -0.360 e. The first kappa shape index (κ1) is 16.5. The normalized spacial score (nSPS) is 10.8. The Balaban J connectivity index is 1.85. The van der Waals surface area contributed by atoms with Crippen LogP contribution in [-0.2, 0) is 0 Å². The molecule has 5 nitrogen and oxygen atoms in total. The fourth-order valence-electron chi connectivity index (χ4n) is 2.26. The molecule has 0 bridgehead atoms. The van der Waals surface area contributed by atoms with Crippen LogP contribution in [0.15, 0.2) is 52.1 Å². The summed E-state index contributed by atoms with van der Waals surface area (Å²) in [6, 6.07) is 11.8. The van der Waals surface area contributed by atoms with Crippen LogP contribution < -0.4 is 5.32 Å². The highest BCUT2D eigenvalue weighted by molar-refractivity contribution is 7.99. The number of para-hydroxylation sites is 1. The van der Waals surface area contributed by atoms with Crippen molar-refractivity contribution in [3.63, 3.8) is 0 Å². The SMILES string of the molecule is CCCCSc1noc(C)c1-c1ccnc(Nc2ccccc2)n1. The summed E-state index contributed by atoms with van der Waals surface area (Å²) < 4.78 is 5.39. The average Bonchev–Trinajstić information content (AvgIpc) is 2.97. The third-order valence-corrected chi connectivity index (χ3v) is 4.55. The quantitative estimate of drug-likeness (QED) is 0.478. The van der Waals surface area contributed by atoms with Crippen LogP contribution in [0.5, 0.6) is 0 Å². The monoisotopic (exact) mass is 340 g/mol. The highest BCUT2D eigenvalue weighted by atomic mass is 32.2. The number of aryl methyl sites for hydroxylation is 1. The van der Waals surface area contributed by atoms with Crippen LogP contribution in [-0.4, -0.2) is 20.9 Å². The third-order valence-electron chi connectivity index (χ3n) is 3.51. The number of unbranched alkanes of at least 4 members (excludes halogenated alkanes) is 1. The number of anilines is 2. The Morgan fingerprint density at radius 3 is 2.79 bits per heavy atom. The Kier molecular flexibility index (Phi) is 5.48. The molecule has 0 saturated carbocycles. The van der Waals surface area contributed by atoms with Gasteiger partial charge in [0.05, 0.1) is 11.3 Å². The van der Waals surface area contributed by atoms with Crippen LogP contribution in [0.3, 0.4) is 0 Å². The van der Waals surface area contributed by atoms with Gasteiger partial charge in [0.25, 0.3) is 0 Å². The van der Waals surface area contributed by atoms with Gasteiger partial charge in [-0.2, -0.15) is 0 Å². The number of hydrogen-bond acceptors (Lipinski definition) is 6. The average molecular weight is 340 g/mol. The molecule has 0 unspecified atom stereocenters. The molecule has 2 aromatic heterocycles. The van der Waals surface area contributed by atoms with E-state index in [4.69, 9.17) is 4.52 Å². The summed E-state index contributed by atoms with van der Waals surface area (Å²) in [4.78, 5) is 8.92. The number of thioether (sulfide) groups is 1. The van der Waals surface area contributed by atoms with Crippen LogP contribution in [0.1, 0.15) is 25.5 Å². The van der Waals surface area contributed by atoms with Crippen molar-refractivity contribution < 1.29 is 4.52 Å². The van der Waals surface area contributed by atoms with E-state index in [1.807, 2.05) is 43.3 Å². The Bertz CT molecular complexity index is 789. The molecule has 1 aromatic carbocycles. The smallest absolute Gasteiger partial charge is 0.227 e. The summed E-state index contributed by atoms with van der Waals surface area (Å²) in [7, 11) is 0. The summed E-state index contributed by atoms with van der Waals surface area (Å²) in [5.74, 6) is 2.36. The number of hydrogen-bond donors (Lipinski definition) is 1. The van der Waals surface area contributed by atoms with Crippen LogP contribution >= 0.6 is 11.8 Å². The van der Waals surface area contributed by atoms with Crippen molar-refractivity contribution in [1.82, 2.24) is 15.1 Å². The molecule has 0 aliphatic carbocycles. The molecule has 124 valence electrons. The molecule has 0 atom stereocenters. The standard InChI is InChI=1S/C18H20N4OS/c1-3-4-12-24-17-16(13(2)23-22-17)15-10-11-19-18(21-15)20-14-8-6-5-7-9-14/h5-11H,3-4,12H2,1-2H3,(H,19,20,21). The van der Waals surface area contributed by atoms with E-state index >= 15 is 0 Å². The summed E-state index contributed by atoms with van der Waals surface area (Å²) in [6.45, 7) is 4.10. The van der Waals surface area contributed by atoms with Gasteiger partial charge in [-0.3, -0.25) is 0 Å². The summed E-state index contributed by atoms with van der Waals surface area (Å²) in [6.07, 6.45) is 4.07. The van der Waals surface area contributed by atoms with Gasteiger partial charge in [-0.25, -0.2) is 9.97 Å². The fourth-order valence-corrected chi connectivity index (χ4v) is 3.37. The first-order chi connectivity index (χ1) is 11.8. The molecule has 0 spiro atoms. The van der Waals surface area contributed by atoms with E-state index in [1.165, 1.54) is 0 Å². The minimum absolute atomic E-state index is 0.559. The van der Waals surface area contributed by atoms with E-state index in [0.717, 1.165) is 46.3 Å². The van der Waals surface area contributed by atoms with E-state index in [9.17, 15) is 0 Å². The minimum atomic E-state index is 0.559. The Hall–Kier alpha value is -2.34. The van der Waals surface area contributed by atoms with Gasteiger partial charge in [-0.05, 0) is 37.3 Å². The van der Waals surface area contributed by atoms with Crippen LogP contribution in [0, 0.1) is 6.92 Å². The number of rotatable bonds is 7. The van der Waals surface area contributed by atoms with Crippen molar-refractivity contribution in [2.75, 3.05) is 11.1 Å². The Morgan fingerprint density at radius 1 is 1.17 bits per heavy atom. The highest BCUT2D eigenvalue weighted by Gasteiger charge is 2.17. The number of aromatic nitrogens is 3. The first-order valence-corrected chi connectivity index (χ1v) is 9.01. The van der Waals surface area contributed by atoms with Gasteiger partial charge < -0.3 is 9.84 Å². The Labute approximate surface area is 145 Å². The zero-order valence-electron chi connectivity index (χ0n) is 13.8. The van der Waals surface area contributed by atoms with Gasteiger partial charge in [0.1, 0.15) is 10.8 Å². The third kappa shape index (κ3) is 3.94. The van der Waals surface area contributed by atoms with Crippen molar-refractivity contribution in [1.29, 1.82) is 0 Å². The van der Waals surface area contributed by atoms with E-state index in [2.05, 4.69) is 27.4 Å². The molecule has 1 N–H and O–H groups in total. The zero-order valence-corrected chi connectivity index (χ0v) is 14.6. The number of nitrogens with zero attached hydrogens (tertiary/aromatic N) is 3. The molecular formula is C18H20N4OS. The molecule has 0 aliphatic heterocycles. The van der Waals surface area contributed by atoms with Crippen molar-refractivity contribution in [2.24, 2.45) is 0 Å². The van der Waals surface area contributed by atoms with Gasteiger partial charge >= 0.3 is 0 Å². The second kappa shape index (κ2) is 7.97. The van der Waals surface area contributed by atoms with Crippen LogP contribution in [0.2, 0.25) is 0 Å². The zero-order chi connectivity index (χ0) is 16.8. The van der Waals surface area contributed by atoms with Crippen molar-refractivity contribution in [2.45, 2.75) is 31.7 Å². The fraction of sp³-hybridized carbons (Fsp3) is 0.278. The van der Waals surface area contributed by atoms with Gasteiger partial charge in [0, 0.05) is 11.9 Å². The number of benzene rings is 1. The highest BCUT2D eigenvalue weighted by Crippen LogP contribution is 2.33. The van der Waals surface area contributed by atoms with Gasteiger partial charge in [0.15, 0.2) is 0 Å². The Morgan fingerprint density at radius 2 is 2.00 bits per heavy atom. The molecule has 0 radical (unpaired) electrons. The van der Waals surface area contributed by atoms with E-state index < -0.39 is 0 Å². The van der Waals surface area contributed by atoms with Gasteiger partial charge in [-0.1, -0.05) is 36.7 Å². The molecule has 0 fully saturated rings. The molecule has 0 saturated heterocycles. The topological polar surface area (TPSA) is 63.8 Å². The molecule has 0 amide bonds. The number of nitrogens with one attached hydrogen (secondary N) is 1. The van der Waals surface area contributed by atoms with Gasteiger partial charge in [-0.15, -0.1) is 11.8 Å². The summed E-state index contributed by atoms with van der Waals surface area (Å²) in [5, 5.41) is 8.30. The van der Waals surface area contributed by atoms with Crippen molar-refractivity contribution >= 4 is 23.4 Å². The first-order valence-electron chi connectivity index (χ1n) is 8.02. The summed E-state index contributed by atoms with van der Waals surface area (Å²) in [5.41, 5.74) is 2.73. The molecule has 24 heavy (non-hydrogen) atoms.